The fourth-order valence-corrected chi connectivity index (χ4v) is 2.46. The summed E-state index contributed by atoms with van der Waals surface area (Å²) in [6.07, 6.45) is 0.713. The van der Waals surface area contributed by atoms with Crippen LogP contribution in [0, 0.1) is 6.92 Å². The van der Waals surface area contributed by atoms with Gasteiger partial charge in [0.25, 0.3) is 0 Å². The summed E-state index contributed by atoms with van der Waals surface area (Å²) in [6.45, 7) is 2.20. The molecule has 2 aromatic rings. The van der Waals surface area contributed by atoms with E-state index in [-0.39, 0.29) is 5.69 Å². The minimum atomic E-state index is -0.426. The highest BCUT2D eigenvalue weighted by atomic mass is 32.1. The lowest BCUT2D eigenvalue weighted by atomic mass is 10.1. The molecular formula is C14H16N2O2S. The van der Waals surface area contributed by atoms with E-state index < -0.39 is 5.97 Å². The average Bonchev–Trinajstić information content (AvgIpc) is 2.86. The van der Waals surface area contributed by atoms with E-state index in [1.165, 1.54) is 4.88 Å². The molecule has 1 heterocycles. The third kappa shape index (κ3) is 3.26. The molecule has 5 heteroatoms. The van der Waals surface area contributed by atoms with Gasteiger partial charge in [-0.1, -0.05) is 6.07 Å². The summed E-state index contributed by atoms with van der Waals surface area (Å²) >= 11 is 1.64. The number of aryl methyl sites for hydroxylation is 1. The quantitative estimate of drug-likeness (QED) is 0.664. The van der Waals surface area contributed by atoms with Crippen LogP contribution < -0.4 is 11.5 Å². The Morgan fingerprint density at radius 1 is 1.37 bits per heavy atom. The fourth-order valence-electron chi connectivity index (χ4n) is 1.77. The predicted octanol–water partition coefficient (Wildman–Crippen LogP) is 2.62. The maximum absolute atomic E-state index is 11.9. The van der Waals surface area contributed by atoms with Crippen molar-refractivity contribution in [2.24, 2.45) is 0 Å². The number of nitrogens with two attached hydrogens (primary N) is 2. The molecule has 4 N–H and O–H groups in total. The highest BCUT2D eigenvalue weighted by Gasteiger charge is 2.14. The molecule has 4 nitrogen and oxygen atoms in total. The van der Waals surface area contributed by atoms with Gasteiger partial charge in [-0.05, 0) is 36.1 Å². The molecule has 0 aliphatic heterocycles. The van der Waals surface area contributed by atoms with Crippen molar-refractivity contribution in [3.05, 3.63) is 45.6 Å². The van der Waals surface area contributed by atoms with E-state index in [9.17, 15) is 4.79 Å². The Morgan fingerprint density at radius 3 is 2.84 bits per heavy atom. The van der Waals surface area contributed by atoms with Crippen LogP contribution in [0.1, 0.15) is 20.8 Å². The zero-order valence-corrected chi connectivity index (χ0v) is 11.5. The number of carbonyl (C=O) groups is 1. The number of benzene rings is 1. The highest BCUT2D eigenvalue weighted by molar-refractivity contribution is 7.09. The second-order valence-corrected chi connectivity index (χ2v) is 5.31. The maximum Gasteiger partial charge on any atom is 0.340 e. The minimum absolute atomic E-state index is 0.284. The van der Waals surface area contributed by atoms with E-state index in [2.05, 4.69) is 0 Å². The molecule has 0 spiro atoms. The first-order valence-electron chi connectivity index (χ1n) is 5.93. The van der Waals surface area contributed by atoms with Crippen molar-refractivity contribution in [3.8, 4) is 0 Å². The lowest BCUT2D eigenvalue weighted by molar-refractivity contribution is 0.0511. The molecular weight excluding hydrogens is 260 g/mol. The van der Waals surface area contributed by atoms with Gasteiger partial charge in [-0.3, -0.25) is 0 Å². The molecule has 0 unspecified atom stereocenters. The minimum Gasteiger partial charge on any atom is -0.462 e. The van der Waals surface area contributed by atoms with E-state index in [4.69, 9.17) is 16.2 Å². The first-order chi connectivity index (χ1) is 9.08. The number of anilines is 2. The van der Waals surface area contributed by atoms with Crippen molar-refractivity contribution < 1.29 is 9.53 Å². The van der Waals surface area contributed by atoms with Crippen LogP contribution in [0.2, 0.25) is 0 Å². The first kappa shape index (κ1) is 13.4. The van der Waals surface area contributed by atoms with Crippen LogP contribution in [-0.4, -0.2) is 12.6 Å². The number of ether oxygens (including phenoxy) is 1. The van der Waals surface area contributed by atoms with Gasteiger partial charge in [-0.25, -0.2) is 4.79 Å². The van der Waals surface area contributed by atoms with Gasteiger partial charge in [0.05, 0.1) is 23.5 Å². The topological polar surface area (TPSA) is 78.3 Å². The normalized spacial score (nSPS) is 10.4. The van der Waals surface area contributed by atoms with Crippen LogP contribution in [0.5, 0.6) is 0 Å². The molecule has 0 saturated heterocycles. The maximum atomic E-state index is 11.9. The SMILES string of the molecule is Cc1cc(N)c(N)c(C(=O)OCCc2cccs2)c1. The van der Waals surface area contributed by atoms with Gasteiger partial charge in [-0.2, -0.15) is 0 Å². The van der Waals surface area contributed by atoms with Gasteiger partial charge in [0, 0.05) is 11.3 Å². The average molecular weight is 276 g/mol. The number of esters is 1. The second-order valence-electron chi connectivity index (χ2n) is 4.28. The summed E-state index contributed by atoms with van der Waals surface area (Å²) in [5.74, 6) is -0.426. The van der Waals surface area contributed by atoms with Gasteiger partial charge >= 0.3 is 5.97 Å². The molecule has 2 rings (SSSR count). The van der Waals surface area contributed by atoms with E-state index in [1.807, 2.05) is 24.4 Å². The molecule has 0 aliphatic carbocycles. The van der Waals surface area contributed by atoms with Crippen LogP contribution >= 0.6 is 11.3 Å². The number of rotatable bonds is 4. The number of nitrogen functional groups attached to an aromatic ring is 2. The number of thiophene rings is 1. The zero-order chi connectivity index (χ0) is 13.8. The van der Waals surface area contributed by atoms with Crippen molar-refractivity contribution in [1.29, 1.82) is 0 Å². The molecule has 100 valence electrons. The smallest absolute Gasteiger partial charge is 0.340 e. The largest absolute Gasteiger partial charge is 0.462 e. The van der Waals surface area contributed by atoms with Gasteiger partial charge in [0.15, 0.2) is 0 Å². The molecule has 0 saturated carbocycles. The molecule has 0 atom stereocenters. The Morgan fingerprint density at radius 2 is 2.16 bits per heavy atom. The van der Waals surface area contributed by atoms with Crippen molar-refractivity contribution in [3.63, 3.8) is 0 Å². The lowest BCUT2D eigenvalue weighted by Gasteiger charge is -2.09. The number of hydrogen-bond donors (Lipinski definition) is 2. The predicted molar refractivity (Wildman–Crippen MR) is 78.3 cm³/mol. The molecule has 0 fully saturated rings. The third-order valence-electron chi connectivity index (χ3n) is 2.74. The Labute approximate surface area is 116 Å². The van der Waals surface area contributed by atoms with Crippen molar-refractivity contribution >= 4 is 28.7 Å². The zero-order valence-electron chi connectivity index (χ0n) is 10.7. The second kappa shape index (κ2) is 5.75. The van der Waals surface area contributed by atoms with Crippen molar-refractivity contribution in [2.75, 3.05) is 18.1 Å². The summed E-state index contributed by atoms with van der Waals surface area (Å²) in [5, 5.41) is 2.00. The lowest BCUT2D eigenvalue weighted by Crippen LogP contribution is -2.12. The van der Waals surface area contributed by atoms with Gasteiger partial charge in [0.2, 0.25) is 0 Å². The molecule has 0 bridgehead atoms. The monoisotopic (exact) mass is 276 g/mol. The van der Waals surface area contributed by atoms with E-state index in [1.54, 1.807) is 23.5 Å². The van der Waals surface area contributed by atoms with E-state index >= 15 is 0 Å². The van der Waals surface area contributed by atoms with Gasteiger partial charge in [0.1, 0.15) is 0 Å². The summed E-state index contributed by atoms with van der Waals surface area (Å²) in [7, 11) is 0. The Balaban J connectivity index is 2.00. The summed E-state index contributed by atoms with van der Waals surface area (Å²) in [5.41, 5.74) is 13.4. The standard InChI is InChI=1S/C14H16N2O2S/c1-9-7-11(13(16)12(15)8-9)14(17)18-5-4-10-3-2-6-19-10/h2-3,6-8H,4-5,15-16H2,1H3. The van der Waals surface area contributed by atoms with E-state index in [0.29, 0.717) is 24.3 Å². The Bertz CT molecular complexity index is 579. The van der Waals surface area contributed by atoms with Crippen LogP contribution in [0.3, 0.4) is 0 Å². The highest BCUT2D eigenvalue weighted by Crippen LogP contribution is 2.23. The summed E-state index contributed by atoms with van der Waals surface area (Å²) in [4.78, 5) is 13.1. The van der Waals surface area contributed by atoms with Crippen LogP contribution in [0.4, 0.5) is 11.4 Å². The third-order valence-corrected chi connectivity index (χ3v) is 3.67. The van der Waals surface area contributed by atoms with Crippen LogP contribution in [-0.2, 0) is 11.2 Å². The van der Waals surface area contributed by atoms with Crippen LogP contribution in [0.15, 0.2) is 29.6 Å². The Kier molecular flexibility index (Phi) is 4.06. The first-order valence-corrected chi connectivity index (χ1v) is 6.81. The molecule has 0 radical (unpaired) electrons. The summed E-state index contributed by atoms with van der Waals surface area (Å²) < 4.78 is 5.22. The molecule has 1 aromatic carbocycles. The molecule has 0 amide bonds. The van der Waals surface area contributed by atoms with Gasteiger partial charge < -0.3 is 16.2 Å². The summed E-state index contributed by atoms with van der Waals surface area (Å²) in [6, 6.07) is 7.41. The van der Waals surface area contributed by atoms with Crippen LogP contribution in [0.25, 0.3) is 0 Å². The fraction of sp³-hybridized carbons (Fsp3) is 0.214. The molecule has 19 heavy (non-hydrogen) atoms. The number of carbonyl (C=O) groups excluding carboxylic acids is 1. The van der Waals surface area contributed by atoms with E-state index in [0.717, 1.165) is 5.56 Å². The molecule has 0 aliphatic rings. The molecule has 1 aromatic heterocycles. The van der Waals surface area contributed by atoms with Crippen molar-refractivity contribution in [2.45, 2.75) is 13.3 Å². The van der Waals surface area contributed by atoms with Gasteiger partial charge in [-0.15, -0.1) is 11.3 Å². The number of hydrogen-bond acceptors (Lipinski definition) is 5. The Hall–Kier alpha value is -2.01. The van der Waals surface area contributed by atoms with Crippen molar-refractivity contribution in [1.82, 2.24) is 0 Å².